The Bertz CT molecular complexity index is 1220. The van der Waals surface area contributed by atoms with Gasteiger partial charge in [-0.3, -0.25) is 4.79 Å². The van der Waals surface area contributed by atoms with Crippen LogP contribution in [0.25, 0.3) is 0 Å². The molecule has 0 saturated heterocycles. The zero-order chi connectivity index (χ0) is 23.3. The van der Waals surface area contributed by atoms with Gasteiger partial charge in [0.25, 0.3) is 0 Å². The molecule has 0 fully saturated rings. The van der Waals surface area contributed by atoms with Crippen molar-refractivity contribution in [3.8, 4) is 0 Å². The second-order valence-electron chi connectivity index (χ2n) is 7.52. The van der Waals surface area contributed by atoms with E-state index in [0.29, 0.717) is 5.69 Å². The van der Waals surface area contributed by atoms with Gasteiger partial charge in [-0.25, -0.2) is 18.4 Å². The van der Waals surface area contributed by atoms with Crippen LogP contribution in [0.5, 0.6) is 0 Å². The number of benzene rings is 2. The summed E-state index contributed by atoms with van der Waals surface area (Å²) in [5, 5.41) is 5.66. The van der Waals surface area contributed by atoms with Crippen molar-refractivity contribution in [1.82, 2.24) is 15.3 Å². The molecule has 1 amide bonds. The third-order valence-corrected chi connectivity index (χ3v) is 6.39. The molecular formula is C23H24N4O3S2. The molecule has 1 heterocycles. The maximum atomic E-state index is 12.7. The van der Waals surface area contributed by atoms with Crippen LogP contribution in [0.4, 0.5) is 5.69 Å². The van der Waals surface area contributed by atoms with Crippen LogP contribution in [-0.4, -0.2) is 29.4 Å². The number of rotatable bonds is 6. The maximum absolute atomic E-state index is 12.7. The number of amides is 1. The number of thiocarbonyl (C=S) groups is 1. The van der Waals surface area contributed by atoms with Gasteiger partial charge in [-0.05, 0) is 68.9 Å². The molecule has 9 heteroatoms. The first-order chi connectivity index (χ1) is 15.1. The summed E-state index contributed by atoms with van der Waals surface area (Å²) < 4.78 is 25.4. The summed E-state index contributed by atoms with van der Waals surface area (Å²) in [6, 6.07) is 15.6. The first kappa shape index (κ1) is 23.5. The smallest absolute Gasteiger partial charge is 0.230 e. The minimum atomic E-state index is -3.60. The van der Waals surface area contributed by atoms with Crippen molar-refractivity contribution in [3.63, 3.8) is 0 Å². The fraction of sp³-hybridized carbons (Fsp3) is 0.217. The number of sulfone groups is 1. The highest BCUT2D eigenvalue weighted by Gasteiger charge is 2.18. The standard InChI is InChI=1S/C23H24N4O3S2/c1-15-4-6-18(7-5-15)13-22(28)27-23(31)26-19-8-10-20(11-9-19)32(29,30)14-21-24-16(2)12-17(3)25-21/h4-12H,13-14H2,1-3H3,(H2,26,27,28,31). The van der Waals surface area contributed by atoms with E-state index in [-0.39, 0.29) is 33.9 Å². The van der Waals surface area contributed by atoms with E-state index in [1.165, 1.54) is 12.1 Å². The molecule has 0 aliphatic heterocycles. The summed E-state index contributed by atoms with van der Waals surface area (Å²) in [6.45, 7) is 5.58. The molecule has 32 heavy (non-hydrogen) atoms. The van der Waals surface area contributed by atoms with Gasteiger partial charge in [0.1, 0.15) is 11.6 Å². The third kappa shape index (κ3) is 6.66. The Morgan fingerprint density at radius 1 is 0.938 bits per heavy atom. The zero-order valence-corrected chi connectivity index (χ0v) is 19.7. The van der Waals surface area contributed by atoms with Gasteiger partial charge in [-0.1, -0.05) is 29.8 Å². The van der Waals surface area contributed by atoms with Crippen LogP contribution in [0.3, 0.4) is 0 Å². The van der Waals surface area contributed by atoms with Crippen molar-refractivity contribution < 1.29 is 13.2 Å². The van der Waals surface area contributed by atoms with E-state index < -0.39 is 9.84 Å². The van der Waals surface area contributed by atoms with Crippen LogP contribution < -0.4 is 10.6 Å². The number of anilines is 1. The Balaban J connectivity index is 1.59. The van der Waals surface area contributed by atoms with Crippen LogP contribution in [0.2, 0.25) is 0 Å². The van der Waals surface area contributed by atoms with Crippen molar-refractivity contribution >= 4 is 38.8 Å². The molecule has 3 rings (SSSR count). The van der Waals surface area contributed by atoms with Gasteiger partial charge in [-0.2, -0.15) is 0 Å². The number of hydrogen-bond acceptors (Lipinski definition) is 6. The highest BCUT2D eigenvalue weighted by atomic mass is 32.2. The molecule has 0 spiro atoms. The molecule has 0 aliphatic carbocycles. The predicted molar refractivity (Wildman–Crippen MR) is 128 cm³/mol. The Morgan fingerprint density at radius 2 is 1.53 bits per heavy atom. The van der Waals surface area contributed by atoms with Crippen LogP contribution in [-0.2, 0) is 26.8 Å². The Labute approximate surface area is 193 Å². The quantitative estimate of drug-likeness (QED) is 0.535. The Hall–Kier alpha value is -3.17. The number of carbonyl (C=O) groups excluding carboxylic acids is 1. The van der Waals surface area contributed by atoms with Crippen LogP contribution >= 0.6 is 12.2 Å². The topological polar surface area (TPSA) is 101 Å². The van der Waals surface area contributed by atoms with Crippen molar-refractivity contribution in [2.24, 2.45) is 0 Å². The van der Waals surface area contributed by atoms with Gasteiger partial charge < -0.3 is 10.6 Å². The average molecular weight is 469 g/mol. The van der Waals surface area contributed by atoms with Crippen molar-refractivity contribution in [2.45, 2.75) is 37.8 Å². The van der Waals surface area contributed by atoms with E-state index in [0.717, 1.165) is 22.5 Å². The molecule has 0 radical (unpaired) electrons. The Morgan fingerprint density at radius 3 is 2.12 bits per heavy atom. The summed E-state index contributed by atoms with van der Waals surface area (Å²) >= 11 is 5.19. The number of hydrogen-bond donors (Lipinski definition) is 2. The molecule has 0 atom stereocenters. The van der Waals surface area contributed by atoms with E-state index in [4.69, 9.17) is 12.2 Å². The van der Waals surface area contributed by atoms with Gasteiger partial charge in [-0.15, -0.1) is 0 Å². The summed E-state index contributed by atoms with van der Waals surface area (Å²) in [5.41, 5.74) is 4.02. The SMILES string of the molecule is Cc1ccc(CC(=O)NC(=S)Nc2ccc(S(=O)(=O)Cc3nc(C)cc(C)n3)cc2)cc1. The molecule has 0 unspecified atom stereocenters. The van der Waals surface area contributed by atoms with Gasteiger partial charge in [0.2, 0.25) is 5.91 Å². The normalized spacial score (nSPS) is 11.1. The first-order valence-electron chi connectivity index (χ1n) is 9.91. The zero-order valence-electron chi connectivity index (χ0n) is 18.0. The lowest BCUT2D eigenvalue weighted by atomic mass is 10.1. The minimum absolute atomic E-state index is 0.140. The lowest BCUT2D eigenvalue weighted by Crippen LogP contribution is -2.35. The van der Waals surface area contributed by atoms with Crippen molar-refractivity contribution in [3.05, 3.63) is 82.9 Å². The van der Waals surface area contributed by atoms with Crippen LogP contribution in [0.15, 0.2) is 59.5 Å². The fourth-order valence-corrected chi connectivity index (χ4v) is 4.51. The second-order valence-corrected chi connectivity index (χ2v) is 9.91. The molecule has 0 aliphatic rings. The third-order valence-electron chi connectivity index (χ3n) is 4.56. The number of carbonyl (C=O) groups is 1. The molecule has 166 valence electrons. The molecule has 0 bridgehead atoms. The molecule has 3 aromatic rings. The largest absolute Gasteiger partial charge is 0.332 e. The predicted octanol–water partition coefficient (Wildman–Crippen LogP) is 3.43. The van der Waals surface area contributed by atoms with Crippen LogP contribution in [0.1, 0.15) is 28.3 Å². The van der Waals surface area contributed by atoms with Crippen LogP contribution in [0, 0.1) is 20.8 Å². The summed E-state index contributed by atoms with van der Waals surface area (Å²) in [5.74, 6) is -0.253. The summed E-state index contributed by atoms with van der Waals surface area (Å²) in [7, 11) is -3.60. The van der Waals surface area contributed by atoms with E-state index in [1.54, 1.807) is 32.0 Å². The van der Waals surface area contributed by atoms with E-state index in [1.807, 2.05) is 31.2 Å². The van der Waals surface area contributed by atoms with E-state index in [2.05, 4.69) is 20.6 Å². The molecule has 7 nitrogen and oxygen atoms in total. The van der Waals surface area contributed by atoms with Gasteiger partial charge >= 0.3 is 0 Å². The lowest BCUT2D eigenvalue weighted by molar-refractivity contribution is -0.119. The lowest BCUT2D eigenvalue weighted by Gasteiger charge is -2.11. The number of aryl methyl sites for hydroxylation is 3. The average Bonchev–Trinajstić information content (AvgIpc) is 2.69. The highest BCUT2D eigenvalue weighted by molar-refractivity contribution is 7.90. The Kier molecular flexibility index (Phi) is 7.32. The highest BCUT2D eigenvalue weighted by Crippen LogP contribution is 2.18. The second kappa shape index (κ2) is 9.97. The van der Waals surface area contributed by atoms with Gasteiger partial charge in [0, 0.05) is 17.1 Å². The number of nitrogens with one attached hydrogen (secondary N) is 2. The van der Waals surface area contributed by atoms with E-state index >= 15 is 0 Å². The van der Waals surface area contributed by atoms with Crippen molar-refractivity contribution in [1.29, 1.82) is 0 Å². The summed E-state index contributed by atoms with van der Waals surface area (Å²) in [4.78, 5) is 20.7. The number of nitrogens with zero attached hydrogens (tertiary/aromatic N) is 2. The summed E-state index contributed by atoms with van der Waals surface area (Å²) in [6.07, 6.45) is 0.208. The van der Waals surface area contributed by atoms with Gasteiger partial charge in [0.15, 0.2) is 14.9 Å². The molecule has 1 aromatic heterocycles. The number of aromatic nitrogens is 2. The van der Waals surface area contributed by atoms with E-state index in [9.17, 15) is 13.2 Å². The fourth-order valence-electron chi connectivity index (χ4n) is 3.09. The molecule has 2 N–H and O–H groups in total. The molecule has 2 aromatic carbocycles. The maximum Gasteiger partial charge on any atom is 0.230 e. The monoisotopic (exact) mass is 468 g/mol. The van der Waals surface area contributed by atoms with Gasteiger partial charge in [0.05, 0.1) is 11.3 Å². The minimum Gasteiger partial charge on any atom is -0.332 e. The van der Waals surface area contributed by atoms with Crippen molar-refractivity contribution in [2.75, 3.05) is 5.32 Å². The molecular weight excluding hydrogens is 444 g/mol. The molecule has 0 saturated carbocycles. The first-order valence-corrected chi connectivity index (χ1v) is 12.0.